The van der Waals surface area contributed by atoms with Crippen LogP contribution in [0.2, 0.25) is 5.02 Å². The first-order valence-electron chi connectivity index (χ1n) is 8.17. The molecule has 0 saturated heterocycles. The Kier molecular flexibility index (Phi) is 5.28. The van der Waals surface area contributed by atoms with Crippen molar-refractivity contribution in [1.29, 1.82) is 0 Å². The van der Waals surface area contributed by atoms with Gasteiger partial charge in [0, 0.05) is 5.69 Å². The second kappa shape index (κ2) is 7.62. The Morgan fingerprint density at radius 3 is 2.50 bits per heavy atom. The van der Waals surface area contributed by atoms with Crippen LogP contribution in [0.15, 0.2) is 47.0 Å². The predicted molar refractivity (Wildman–Crippen MR) is 101 cm³/mol. The zero-order valence-corrected chi connectivity index (χ0v) is 15.6. The van der Waals surface area contributed by atoms with Gasteiger partial charge in [0.15, 0.2) is 5.69 Å². The van der Waals surface area contributed by atoms with Gasteiger partial charge in [-0.3, -0.25) is 4.79 Å². The quantitative estimate of drug-likeness (QED) is 0.679. The van der Waals surface area contributed by atoms with Gasteiger partial charge in [0.2, 0.25) is 0 Å². The van der Waals surface area contributed by atoms with Crippen molar-refractivity contribution in [3.63, 3.8) is 0 Å². The number of nitrogens with zero attached hydrogens (tertiary/aromatic N) is 1. The summed E-state index contributed by atoms with van der Waals surface area (Å²) in [6.07, 6.45) is 0. The summed E-state index contributed by atoms with van der Waals surface area (Å²) in [6.45, 7) is 5.76. The summed E-state index contributed by atoms with van der Waals surface area (Å²) in [5, 5.41) is 7.32. The number of ether oxygens (including phenoxy) is 1. The summed E-state index contributed by atoms with van der Waals surface area (Å²) in [6, 6.07) is 13.0. The average molecular weight is 371 g/mol. The van der Waals surface area contributed by atoms with Gasteiger partial charge in [-0.2, -0.15) is 0 Å². The van der Waals surface area contributed by atoms with Crippen molar-refractivity contribution >= 4 is 23.2 Å². The SMILES string of the molecule is Cc1cccc(C)c1NC(=O)c1noc(C)c1COc1ccccc1Cl. The van der Waals surface area contributed by atoms with Crippen LogP contribution in [0.25, 0.3) is 0 Å². The molecule has 0 bridgehead atoms. The zero-order valence-electron chi connectivity index (χ0n) is 14.8. The Morgan fingerprint density at radius 2 is 1.81 bits per heavy atom. The van der Waals surface area contributed by atoms with Crippen LogP contribution < -0.4 is 10.1 Å². The highest BCUT2D eigenvalue weighted by atomic mass is 35.5. The van der Waals surface area contributed by atoms with Gasteiger partial charge >= 0.3 is 0 Å². The number of hydrogen-bond acceptors (Lipinski definition) is 4. The molecule has 0 unspecified atom stereocenters. The summed E-state index contributed by atoms with van der Waals surface area (Å²) < 4.78 is 10.9. The van der Waals surface area contributed by atoms with Crippen LogP contribution in [0, 0.1) is 20.8 Å². The lowest BCUT2D eigenvalue weighted by Crippen LogP contribution is -2.16. The molecule has 0 radical (unpaired) electrons. The maximum absolute atomic E-state index is 12.7. The van der Waals surface area contributed by atoms with Crippen LogP contribution in [0.4, 0.5) is 5.69 Å². The first-order chi connectivity index (χ1) is 12.5. The highest BCUT2D eigenvalue weighted by Gasteiger charge is 2.21. The molecule has 1 aromatic heterocycles. The van der Waals surface area contributed by atoms with Crippen molar-refractivity contribution in [2.24, 2.45) is 0 Å². The summed E-state index contributed by atoms with van der Waals surface area (Å²) in [4.78, 5) is 12.7. The van der Waals surface area contributed by atoms with Gasteiger partial charge in [0.05, 0.1) is 10.6 Å². The third kappa shape index (κ3) is 3.73. The monoisotopic (exact) mass is 370 g/mol. The summed E-state index contributed by atoms with van der Waals surface area (Å²) >= 11 is 6.11. The van der Waals surface area contributed by atoms with Gasteiger partial charge in [-0.1, -0.05) is 47.1 Å². The van der Waals surface area contributed by atoms with Crippen LogP contribution in [0.5, 0.6) is 5.75 Å². The number of para-hydroxylation sites is 2. The molecule has 3 rings (SSSR count). The molecule has 0 saturated carbocycles. The normalized spacial score (nSPS) is 10.6. The molecule has 134 valence electrons. The molecule has 0 aliphatic carbocycles. The van der Waals surface area contributed by atoms with Crippen LogP contribution in [-0.4, -0.2) is 11.1 Å². The minimum absolute atomic E-state index is 0.134. The molecular weight excluding hydrogens is 352 g/mol. The fraction of sp³-hybridized carbons (Fsp3) is 0.200. The number of aromatic nitrogens is 1. The van der Waals surface area contributed by atoms with Gasteiger partial charge in [0.1, 0.15) is 18.1 Å². The molecule has 3 aromatic rings. The van der Waals surface area contributed by atoms with Gasteiger partial charge in [-0.25, -0.2) is 0 Å². The number of rotatable bonds is 5. The first-order valence-corrected chi connectivity index (χ1v) is 8.55. The van der Waals surface area contributed by atoms with Crippen LogP contribution in [-0.2, 0) is 6.61 Å². The van der Waals surface area contributed by atoms with Gasteiger partial charge < -0.3 is 14.6 Å². The number of hydrogen-bond donors (Lipinski definition) is 1. The van der Waals surface area contributed by atoms with Crippen molar-refractivity contribution in [3.05, 3.63) is 75.6 Å². The van der Waals surface area contributed by atoms with Gasteiger partial charge in [0.25, 0.3) is 5.91 Å². The minimum atomic E-state index is -0.336. The van der Waals surface area contributed by atoms with Gasteiger partial charge in [-0.15, -0.1) is 0 Å². The smallest absolute Gasteiger partial charge is 0.278 e. The highest BCUT2D eigenvalue weighted by molar-refractivity contribution is 6.32. The lowest BCUT2D eigenvalue weighted by molar-refractivity contribution is 0.101. The Bertz CT molecular complexity index is 930. The number of halogens is 1. The molecule has 1 amide bonds. The van der Waals surface area contributed by atoms with Gasteiger partial charge in [-0.05, 0) is 44.0 Å². The van der Waals surface area contributed by atoms with E-state index in [9.17, 15) is 4.79 Å². The maximum Gasteiger partial charge on any atom is 0.278 e. The van der Waals surface area contributed by atoms with E-state index in [1.807, 2.05) is 44.2 Å². The topological polar surface area (TPSA) is 64.4 Å². The molecule has 6 heteroatoms. The number of aryl methyl sites for hydroxylation is 3. The van der Waals surface area contributed by atoms with E-state index >= 15 is 0 Å². The van der Waals surface area contributed by atoms with Crippen molar-refractivity contribution in [3.8, 4) is 5.75 Å². The second-order valence-electron chi connectivity index (χ2n) is 6.01. The van der Waals surface area contributed by atoms with Crippen molar-refractivity contribution < 1.29 is 14.1 Å². The molecule has 0 aliphatic rings. The molecule has 5 nitrogen and oxygen atoms in total. The third-order valence-electron chi connectivity index (χ3n) is 4.13. The van der Waals surface area contributed by atoms with Crippen molar-refractivity contribution in [2.75, 3.05) is 5.32 Å². The lowest BCUT2D eigenvalue weighted by atomic mass is 10.1. The molecule has 2 aromatic carbocycles. The summed E-state index contributed by atoms with van der Waals surface area (Å²) in [7, 11) is 0. The predicted octanol–water partition coefficient (Wildman–Crippen LogP) is 5.08. The van der Waals surface area contributed by atoms with Crippen LogP contribution in [0.3, 0.4) is 0 Å². The van der Waals surface area contributed by atoms with E-state index in [2.05, 4.69) is 10.5 Å². The Balaban J connectivity index is 1.81. The number of amides is 1. The zero-order chi connectivity index (χ0) is 18.7. The lowest BCUT2D eigenvalue weighted by Gasteiger charge is -2.11. The number of anilines is 1. The third-order valence-corrected chi connectivity index (χ3v) is 4.44. The van der Waals surface area contributed by atoms with E-state index in [0.29, 0.717) is 22.1 Å². The van der Waals surface area contributed by atoms with E-state index < -0.39 is 0 Å². The molecule has 1 N–H and O–H groups in total. The molecule has 26 heavy (non-hydrogen) atoms. The van der Waals surface area contributed by atoms with Crippen molar-refractivity contribution in [1.82, 2.24) is 5.16 Å². The van der Waals surface area contributed by atoms with E-state index in [4.69, 9.17) is 20.9 Å². The van der Waals surface area contributed by atoms with E-state index in [1.54, 1.807) is 19.1 Å². The first kappa shape index (κ1) is 18.0. The molecule has 0 aliphatic heterocycles. The number of nitrogens with one attached hydrogen (secondary N) is 1. The average Bonchev–Trinajstić information content (AvgIpc) is 2.98. The second-order valence-corrected chi connectivity index (χ2v) is 6.41. The number of carbonyl (C=O) groups is 1. The molecule has 0 spiro atoms. The standard InChI is InChI=1S/C20H19ClN2O3/c1-12-7-6-8-13(2)18(12)22-20(24)19-15(14(3)26-23-19)11-25-17-10-5-4-9-16(17)21/h4-10H,11H2,1-3H3,(H,22,24). The minimum Gasteiger partial charge on any atom is -0.487 e. The van der Waals surface area contributed by atoms with E-state index in [1.165, 1.54) is 0 Å². The van der Waals surface area contributed by atoms with E-state index in [0.717, 1.165) is 16.8 Å². The fourth-order valence-corrected chi connectivity index (χ4v) is 2.83. The highest BCUT2D eigenvalue weighted by Crippen LogP contribution is 2.26. The Hall–Kier alpha value is -2.79. The fourth-order valence-electron chi connectivity index (χ4n) is 2.64. The van der Waals surface area contributed by atoms with Crippen LogP contribution >= 0.6 is 11.6 Å². The molecular formula is C20H19ClN2O3. The molecule has 1 heterocycles. The summed E-state index contributed by atoms with van der Waals surface area (Å²) in [5.74, 6) is 0.733. The number of benzene rings is 2. The molecule has 0 fully saturated rings. The summed E-state index contributed by atoms with van der Waals surface area (Å²) in [5.41, 5.74) is 3.53. The maximum atomic E-state index is 12.7. The van der Waals surface area contributed by atoms with Crippen LogP contribution in [0.1, 0.15) is 32.9 Å². The Labute approximate surface area is 156 Å². The molecule has 0 atom stereocenters. The number of carbonyl (C=O) groups excluding carboxylic acids is 1. The Morgan fingerprint density at radius 1 is 1.12 bits per heavy atom. The van der Waals surface area contributed by atoms with E-state index in [-0.39, 0.29) is 18.2 Å². The largest absolute Gasteiger partial charge is 0.487 e. The van der Waals surface area contributed by atoms with Crippen molar-refractivity contribution in [2.45, 2.75) is 27.4 Å².